The predicted octanol–water partition coefficient (Wildman–Crippen LogP) is 2.03. The summed E-state index contributed by atoms with van der Waals surface area (Å²) in [5, 5.41) is 0. The third-order valence-electron chi connectivity index (χ3n) is 4.76. The SMILES string of the molecule is CN(C)C(CN=C(N)N1CCN(C(=O)OC(C)(C)C)CC1)Cc1ccccc1. The Balaban J connectivity index is 1.86. The van der Waals surface area contributed by atoms with E-state index in [1.165, 1.54) is 5.56 Å². The van der Waals surface area contributed by atoms with Gasteiger partial charge in [0, 0.05) is 32.2 Å². The number of rotatable bonds is 5. The van der Waals surface area contributed by atoms with Crippen LogP contribution < -0.4 is 5.73 Å². The fourth-order valence-corrected chi connectivity index (χ4v) is 3.04. The standard InChI is InChI=1S/C21H35N5O2/c1-21(2,3)28-20(27)26-13-11-25(12-14-26)19(22)23-16-18(24(4)5)15-17-9-7-6-8-10-17/h6-10,18H,11-16H2,1-5H3,(H2,22,23). The molecule has 1 fully saturated rings. The minimum atomic E-state index is -0.478. The summed E-state index contributed by atoms with van der Waals surface area (Å²) < 4.78 is 5.44. The van der Waals surface area contributed by atoms with Crippen LogP contribution in [0.1, 0.15) is 26.3 Å². The van der Waals surface area contributed by atoms with Crippen LogP contribution >= 0.6 is 0 Å². The quantitative estimate of drug-likeness (QED) is 0.616. The van der Waals surface area contributed by atoms with Crippen LogP contribution in [0, 0.1) is 0 Å². The first-order valence-electron chi connectivity index (χ1n) is 9.89. The molecule has 7 nitrogen and oxygen atoms in total. The lowest BCUT2D eigenvalue weighted by Crippen LogP contribution is -2.53. The van der Waals surface area contributed by atoms with Crippen LogP contribution in [0.25, 0.3) is 0 Å². The maximum Gasteiger partial charge on any atom is 0.410 e. The van der Waals surface area contributed by atoms with Gasteiger partial charge in [-0.2, -0.15) is 0 Å². The minimum absolute atomic E-state index is 0.266. The number of ether oxygens (including phenoxy) is 1. The van der Waals surface area contributed by atoms with Crippen molar-refractivity contribution in [3.63, 3.8) is 0 Å². The second-order valence-electron chi connectivity index (χ2n) is 8.46. The van der Waals surface area contributed by atoms with Crippen LogP contribution in [0.15, 0.2) is 35.3 Å². The van der Waals surface area contributed by atoms with Gasteiger partial charge in [0.15, 0.2) is 5.96 Å². The highest BCUT2D eigenvalue weighted by atomic mass is 16.6. The Labute approximate surface area is 169 Å². The van der Waals surface area contributed by atoms with Crippen molar-refractivity contribution in [1.29, 1.82) is 0 Å². The number of carbonyl (C=O) groups excluding carboxylic acids is 1. The average Bonchev–Trinajstić information content (AvgIpc) is 2.64. The minimum Gasteiger partial charge on any atom is -0.444 e. The first-order chi connectivity index (χ1) is 13.2. The van der Waals surface area contributed by atoms with Crippen molar-refractivity contribution in [3.8, 4) is 0 Å². The number of aliphatic imine (C=N–C) groups is 1. The van der Waals surface area contributed by atoms with Gasteiger partial charge >= 0.3 is 6.09 Å². The first kappa shape index (κ1) is 22.0. The summed E-state index contributed by atoms with van der Waals surface area (Å²) in [6.07, 6.45) is 0.662. The number of guanidine groups is 1. The molecule has 28 heavy (non-hydrogen) atoms. The normalized spacial score (nSPS) is 17.0. The molecule has 1 aromatic rings. The number of hydrogen-bond acceptors (Lipinski definition) is 4. The van der Waals surface area contributed by atoms with Gasteiger partial charge in [0.2, 0.25) is 0 Å². The lowest BCUT2D eigenvalue weighted by atomic mass is 10.1. The van der Waals surface area contributed by atoms with Gasteiger partial charge in [-0.15, -0.1) is 0 Å². The number of nitrogens with zero attached hydrogens (tertiary/aromatic N) is 4. The molecule has 0 bridgehead atoms. The summed E-state index contributed by atoms with van der Waals surface area (Å²) in [6.45, 7) is 8.78. The molecular formula is C21H35N5O2. The van der Waals surface area contributed by atoms with Crippen molar-refractivity contribution in [2.75, 3.05) is 46.8 Å². The summed E-state index contributed by atoms with van der Waals surface area (Å²) >= 11 is 0. The van der Waals surface area contributed by atoms with Gasteiger partial charge < -0.3 is 25.2 Å². The molecule has 2 N–H and O–H groups in total. The molecule has 1 amide bonds. The van der Waals surface area contributed by atoms with E-state index in [0.29, 0.717) is 38.7 Å². The summed E-state index contributed by atoms with van der Waals surface area (Å²) in [4.78, 5) is 22.8. The molecule has 0 radical (unpaired) electrons. The third-order valence-corrected chi connectivity index (χ3v) is 4.76. The highest BCUT2D eigenvalue weighted by Crippen LogP contribution is 2.12. The second-order valence-corrected chi connectivity index (χ2v) is 8.46. The van der Waals surface area contributed by atoms with Gasteiger partial charge in [-0.3, -0.25) is 4.99 Å². The highest BCUT2D eigenvalue weighted by molar-refractivity contribution is 5.78. The monoisotopic (exact) mass is 389 g/mol. The smallest absolute Gasteiger partial charge is 0.410 e. The van der Waals surface area contributed by atoms with E-state index < -0.39 is 5.60 Å². The molecule has 1 atom stereocenters. The average molecular weight is 390 g/mol. The lowest BCUT2D eigenvalue weighted by molar-refractivity contribution is 0.0186. The van der Waals surface area contributed by atoms with Gasteiger partial charge in [-0.05, 0) is 46.9 Å². The number of nitrogens with two attached hydrogens (primary N) is 1. The van der Waals surface area contributed by atoms with Crippen molar-refractivity contribution < 1.29 is 9.53 Å². The second kappa shape index (κ2) is 9.78. The third kappa shape index (κ3) is 7.03. The lowest BCUT2D eigenvalue weighted by Gasteiger charge is -2.36. The van der Waals surface area contributed by atoms with E-state index in [2.05, 4.69) is 48.3 Å². The number of benzene rings is 1. The van der Waals surface area contributed by atoms with Crippen LogP contribution in [0.3, 0.4) is 0 Å². The summed E-state index contributed by atoms with van der Waals surface area (Å²) in [6, 6.07) is 10.7. The van der Waals surface area contributed by atoms with Crippen molar-refractivity contribution in [2.45, 2.75) is 38.8 Å². The zero-order valence-corrected chi connectivity index (χ0v) is 17.9. The molecule has 1 saturated heterocycles. The Morgan fingerprint density at radius 2 is 1.71 bits per heavy atom. The number of piperazine rings is 1. The zero-order chi connectivity index (χ0) is 20.7. The first-order valence-corrected chi connectivity index (χ1v) is 9.89. The Morgan fingerprint density at radius 1 is 1.14 bits per heavy atom. The molecular weight excluding hydrogens is 354 g/mol. The molecule has 1 heterocycles. The molecule has 0 spiro atoms. The number of likely N-dealkylation sites (N-methyl/N-ethyl adjacent to an activating group) is 1. The Bertz CT molecular complexity index is 647. The maximum atomic E-state index is 12.2. The van der Waals surface area contributed by atoms with Crippen LogP contribution in [-0.2, 0) is 11.2 Å². The largest absolute Gasteiger partial charge is 0.444 e. The molecule has 0 aromatic heterocycles. The molecule has 0 aliphatic carbocycles. The molecule has 1 aromatic carbocycles. The number of amides is 1. The highest BCUT2D eigenvalue weighted by Gasteiger charge is 2.26. The topological polar surface area (TPSA) is 74.4 Å². The Hall–Kier alpha value is -2.28. The fraction of sp³-hybridized carbons (Fsp3) is 0.619. The van der Waals surface area contributed by atoms with E-state index >= 15 is 0 Å². The predicted molar refractivity (Wildman–Crippen MR) is 113 cm³/mol. The van der Waals surface area contributed by atoms with E-state index in [1.54, 1.807) is 4.90 Å². The number of hydrogen-bond donors (Lipinski definition) is 1. The summed E-state index contributed by atoms with van der Waals surface area (Å²) in [5.41, 5.74) is 7.05. The summed E-state index contributed by atoms with van der Waals surface area (Å²) in [5.74, 6) is 0.545. The van der Waals surface area contributed by atoms with Gasteiger partial charge in [-0.25, -0.2) is 4.79 Å². The van der Waals surface area contributed by atoms with Crippen LogP contribution in [0.5, 0.6) is 0 Å². The fourth-order valence-electron chi connectivity index (χ4n) is 3.04. The van der Waals surface area contributed by atoms with E-state index in [1.807, 2.05) is 31.7 Å². The molecule has 0 saturated carbocycles. The Kier molecular flexibility index (Phi) is 7.69. The van der Waals surface area contributed by atoms with Crippen LogP contribution in [0.2, 0.25) is 0 Å². The van der Waals surface area contributed by atoms with Crippen LogP contribution in [-0.4, -0.2) is 85.2 Å². The van der Waals surface area contributed by atoms with E-state index in [9.17, 15) is 4.79 Å². The van der Waals surface area contributed by atoms with E-state index in [-0.39, 0.29) is 12.1 Å². The van der Waals surface area contributed by atoms with Crippen molar-refractivity contribution in [3.05, 3.63) is 35.9 Å². The molecule has 7 heteroatoms. The van der Waals surface area contributed by atoms with Gasteiger partial charge in [0.05, 0.1) is 6.54 Å². The number of carbonyl (C=O) groups is 1. The Morgan fingerprint density at radius 3 is 2.25 bits per heavy atom. The van der Waals surface area contributed by atoms with Gasteiger partial charge in [0.25, 0.3) is 0 Å². The van der Waals surface area contributed by atoms with Gasteiger partial charge in [0.1, 0.15) is 5.60 Å². The van der Waals surface area contributed by atoms with Crippen LogP contribution in [0.4, 0.5) is 4.79 Å². The van der Waals surface area contributed by atoms with E-state index in [0.717, 1.165) is 6.42 Å². The molecule has 1 unspecified atom stereocenters. The molecule has 1 aliphatic rings. The van der Waals surface area contributed by atoms with Gasteiger partial charge in [-0.1, -0.05) is 30.3 Å². The van der Waals surface area contributed by atoms with Crippen molar-refractivity contribution in [1.82, 2.24) is 14.7 Å². The molecule has 156 valence electrons. The summed E-state index contributed by atoms with van der Waals surface area (Å²) in [7, 11) is 4.14. The zero-order valence-electron chi connectivity index (χ0n) is 17.9. The van der Waals surface area contributed by atoms with Crippen molar-refractivity contribution in [2.24, 2.45) is 10.7 Å². The molecule has 1 aliphatic heterocycles. The van der Waals surface area contributed by atoms with E-state index in [4.69, 9.17) is 10.5 Å². The molecule has 2 rings (SSSR count). The maximum absolute atomic E-state index is 12.2. The van der Waals surface area contributed by atoms with Crippen molar-refractivity contribution >= 4 is 12.1 Å².